The third-order valence-electron chi connectivity index (χ3n) is 4.75. The summed E-state index contributed by atoms with van der Waals surface area (Å²) in [4.78, 5) is 0. The lowest BCUT2D eigenvalue weighted by Gasteiger charge is -2.36. The van der Waals surface area contributed by atoms with Crippen LogP contribution in [0.4, 0.5) is 0 Å². The summed E-state index contributed by atoms with van der Waals surface area (Å²) in [5, 5.41) is 9.81. The molecule has 0 unspecified atom stereocenters. The molecule has 0 aromatic rings. The number of rotatable bonds is 0. The summed E-state index contributed by atoms with van der Waals surface area (Å²) in [6, 6.07) is 0. The van der Waals surface area contributed by atoms with Crippen LogP contribution in [0.2, 0.25) is 0 Å². The fourth-order valence-electron chi connectivity index (χ4n) is 3.16. The minimum absolute atomic E-state index is 0.0313. The molecule has 2 nitrogen and oxygen atoms in total. The normalized spacial score (nSPS) is 43.3. The van der Waals surface area contributed by atoms with Crippen LogP contribution in [0, 0.1) is 16.7 Å². The van der Waals surface area contributed by atoms with Crippen molar-refractivity contribution >= 4 is 0 Å². The maximum absolute atomic E-state index is 9.81. The molecule has 0 saturated heterocycles. The summed E-state index contributed by atoms with van der Waals surface area (Å²) in [5.41, 5.74) is 0.601. The average Bonchev–Trinajstić information content (AvgIpc) is 2.38. The molecule has 14 heavy (non-hydrogen) atoms. The monoisotopic (exact) mass is 200 g/mol. The molecule has 2 rings (SSSR count). The highest BCUT2D eigenvalue weighted by Gasteiger charge is 2.60. The number of aliphatic hydroxyl groups is 1. The maximum atomic E-state index is 9.81. The van der Waals surface area contributed by atoms with Crippen LogP contribution >= 0.6 is 0 Å². The van der Waals surface area contributed by atoms with Crippen molar-refractivity contribution in [3.8, 4) is 0 Å². The highest BCUT2D eigenvalue weighted by molar-refractivity contribution is 5.10. The van der Waals surface area contributed by atoms with Crippen molar-refractivity contribution in [1.29, 1.82) is 0 Å². The minimum atomic E-state index is -0.0313. The highest BCUT2D eigenvalue weighted by Crippen LogP contribution is 2.65. The van der Waals surface area contributed by atoms with Crippen LogP contribution in [0.5, 0.6) is 0 Å². The molecular formula is C12H24O2. The number of ether oxygens (including phenoxy) is 1. The standard InChI is InChI=1S/C10H18O.C2H6O/c1-9(2)7-4-5-10(9,3)8(11)6-7;1-3-2/h7-8,11H,4-6H2,1-3H3;1-2H3/t7-,8+,10-;/m1./s1. The Balaban J connectivity index is 0.000000293. The molecule has 3 atom stereocenters. The van der Waals surface area contributed by atoms with E-state index < -0.39 is 0 Å². The SMILES string of the molecule is CC1(C)[C@@H]2CC[C@]1(C)[C@@H](O)C2.COC. The number of methoxy groups -OCH3 is 1. The summed E-state index contributed by atoms with van der Waals surface area (Å²) < 4.78 is 4.25. The van der Waals surface area contributed by atoms with Crippen LogP contribution in [0.1, 0.15) is 40.0 Å². The van der Waals surface area contributed by atoms with Crippen molar-refractivity contribution in [3.05, 3.63) is 0 Å². The Hall–Kier alpha value is -0.0800. The Morgan fingerprint density at radius 2 is 1.71 bits per heavy atom. The molecule has 1 N–H and O–H groups in total. The molecular weight excluding hydrogens is 176 g/mol. The molecule has 2 saturated carbocycles. The minimum Gasteiger partial charge on any atom is -0.393 e. The lowest BCUT2D eigenvalue weighted by Crippen LogP contribution is -2.35. The fraction of sp³-hybridized carbons (Fsp3) is 1.00. The van der Waals surface area contributed by atoms with E-state index in [4.69, 9.17) is 0 Å². The van der Waals surface area contributed by atoms with E-state index in [1.165, 1.54) is 12.8 Å². The predicted molar refractivity (Wildman–Crippen MR) is 58.2 cm³/mol. The summed E-state index contributed by atoms with van der Waals surface area (Å²) in [7, 11) is 3.25. The molecule has 2 bridgehead atoms. The van der Waals surface area contributed by atoms with Gasteiger partial charge in [0, 0.05) is 14.2 Å². The van der Waals surface area contributed by atoms with Crippen LogP contribution in [0.25, 0.3) is 0 Å². The Morgan fingerprint density at radius 1 is 1.21 bits per heavy atom. The van der Waals surface area contributed by atoms with Gasteiger partial charge >= 0.3 is 0 Å². The van der Waals surface area contributed by atoms with E-state index in [2.05, 4.69) is 25.5 Å². The van der Waals surface area contributed by atoms with E-state index in [0.29, 0.717) is 5.41 Å². The lowest BCUT2D eigenvalue weighted by atomic mass is 9.70. The molecule has 0 amide bonds. The smallest absolute Gasteiger partial charge is 0.0601 e. The third-order valence-corrected chi connectivity index (χ3v) is 4.75. The van der Waals surface area contributed by atoms with Gasteiger partial charge in [-0.15, -0.1) is 0 Å². The Labute approximate surface area is 87.7 Å². The van der Waals surface area contributed by atoms with Gasteiger partial charge in [0.2, 0.25) is 0 Å². The Kier molecular flexibility index (Phi) is 3.27. The van der Waals surface area contributed by atoms with E-state index in [1.54, 1.807) is 14.2 Å². The van der Waals surface area contributed by atoms with Crippen LogP contribution in [-0.4, -0.2) is 25.4 Å². The molecule has 2 heteroatoms. The highest BCUT2D eigenvalue weighted by atomic mass is 16.4. The summed E-state index contributed by atoms with van der Waals surface area (Å²) in [6.45, 7) is 6.90. The van der Waals surface area contributed by atoms with E-state index in [9.17, 15) is 5.11 Å². The number of fused-ring (bicyclic) bond motifs is 2. The van der Waals surface area contributed by atoms with E-state index in [0.717, 1.165) is 12.3 Å². The first-order chi connectivity index (χ1) is 6.40. The molecule has 2 aliphatic carbocycles. The lowest BCUT2D eigenvalue weighted by molar-refractivity contribution is 0.0126. The van der Waals surface area contributed by atoms with E-state index in [1.807, 2.05) is 0 Å². The fourth-order valence-corrected chi connectivity index (χ4v) is 3.16. The van der Waals surface area contributed by atoms with Gasteiger partial charge in [-0.2, -0.15) is 0 Å². The van der Waals surface area contributed by atoms with Crippen molar-refractivity contribution < 1.29 is 9.84 Å². The molecule has 2 fully saturated rings. The second-order valence-corrected chi connectivity index (χ2v) is 5.53. The molecule has 84 valence electrons. The van der Waals surface area contributed by atoms with Crippen molar-refractivity contribution in [2.75, 3.05) is 14.2 Å². The van der Waals surface area contributed by atoms with Crippen molar-refractivity contribution in [2.45, 2.75) is 46.1 Å². The molecule has 0 aromatic heterocycles. The molecule has 2 aliphatic rings. The van der Waals surface area contributed by atoms with Crippen molar-refractivity contribution in [2.24, 2.45) is 16.7 Å². The third kappa shape index (κ3) is 1.49. The molecule has 0 radical (unpaired) electrons. The summed E-state index contributed by atoms with van der Waals surface area (Å²) in [5.74, 6) is 0.780. The van der Waals surface area contributed by atoms with Gasteiger partial charge in [-0.3, -0.25) is 0 Å². The van der Waals surface area contributed by atoms with E-state index in [-0.39, 0.29) is 11.5 Å². The first-order valence-electron chi connectivity index (χ1n) is 5.48. The van der Waals surface area contributed by atoms with Gasteiger partial charge in [0.15, 0.2) is 0 Å². The second kappa shape index (κ2) is 3.82. The zero-order valence-electron chi connectivity index (χ0n) is 10.1. The zero-order valence-corrected chi connectivity index (χ0v) is 10.1. The van der Waals surface area contributed by atoms with Crippen LogP contribution in [0.15, 0.2) is 0 Å². The number of hydrogen-bond acceptors (Lipinski definition) is 2. The predicted octanol–water partition coefficient (Wildman–Crippen LogP) is 2.46. The Morgan fingerprint density at radius 3 is 1.86 bits per heavy atom. The molecule has 0 spiro atoms. The van der Waals surface area contributed by atoms with Crippen LogP contribution in [0.3, 0.4) is 0 Å². The van der Waals surface area contributed by atoms with Gasteiger partial charge in [-0.1, -0.05) is 20.8 Å². The maximum Gasteiger partial charge on any atom is 0.0601 e. The zero-order chi connectivity index (χ0) is 11.0. The number of aliphatic hydroxyl groups excluding tert-OH is 1. The molecule has 0 heterocycles. The molecule has 0 aromatic carbocycles. The van der Waals surface area contributed by atoms with Crippen LogP contribution < -0.4 is 0 Å². The first-order valence-corrected chi connectivity index (χ1v) is 5.48. The quantitative estimate of drug-likeness (QED) is 0.651. The summed E-state index contributed by atoms with van der Waals surface area (Å²) in [6.07, 6.45) is 3.58. The topological polar surface area (TPSA) is 29.5 Å². The number of hydrogen-bond donors (Lipinski definition) is 1. The summed E-state index contributed by atoms with van der Waals surface area (Å²) >= 11 is 0. The van der Waals surface area contributed by atoms with Gasteiger partial charge in [0.1, 0.15) is 0 Å². The largest absolute Gasteiger partial charge is 0.393 e. The van der Waals surface area contributed by atoms with Crippen molar-refractivity contribution in [3.63, 3.8) is 0 Å². The van der Waals surface area contributed by atoms with Gasteiger partial charge in [-0.25, -0.2) is 0 Å². The average molecular weight is 200 g/mol. The van der Waals surface area contributed by atoms with Gasteiger partial charge in [0.05, 0.1) is 6.10 Å². The second-order valence-electron chi connectivity index (χ2n) is 5.53. The van der Waals surface area contributed by atoms with Crippen molar-refractivity contribution in [1.82, 2.24) is 0 Å². The van der Waals surface area contributed by atoms with Gasteiger partial charge < -0.3 is 9.84 Å². The van der Waals surface area contributed by atoms with Crippen LogP contribution in [-0.2, 0) is 4.74 Å². The van der Waals surface area contributed by atoms with Gasteiger partial charge in [0.25, 0.3) is 0 Å². The molecule has 0 aliphatic heterocycles. The van der Waals surface area contributed by atoms with E-state index >= 15 is 0 Å². The first kappa shape index (κ1) is 12.0. The Bertz CT molecular complexity index is 200. The van der Waals surface area contributed by atoms with Gasteiger partial charge in [-0.05, 0) is 36.0 Å².